The van der Waals surface area contributed by atoms with E-state index in [1.54, 1.807) is 13.8 Å². The van der Waals surface area contributed by atoms with Crippen LogP contribution in [0.3, 0.4) is 0 Å². The average Bonchev–Trinajstić information content (AvgIpc) is 2.88. The molecule has 40 heavy (non-hydrogen) atoms. The summed E-state index contributed by atoms with van der Waals surface area (Å²) in [7, 11) is -4.03. The van der Waals surface area contributed by atoms with Crippen LogP contribution < -0.4 is 0 Å². The van der Waals surface area contributed by atoms with E-state index in [-0.39, 0.29) is 11.4 Å². The maximum absolute atomic E-state index is 14.5. The largest absolute Gasteiger partial charge is 0.455 e. The Bertz CT molecular complexity index is 1370. The molecule has 1 N–H and O–H groups in total. The second kappa shape index (κ2) is 12.7. The van der Waals surface area contributed by atoms with Crippen LogP contribution in [0.25, 0.3) is 0 Å². The van der Waals surface area contributed by atoms with Crippen LogP contribution in [0.5, 0.6) is 0 Å². The van der Waals surface area contributed by atoms with Crippen LogP contribution in [0, 0.1) is 32.1 Å². The Labute approximate surface area is 240 Å². The molecular weight excluding hydrogens is 522 g/mol. The molecule has 0 radical (unpaired) electrons. The number of aliphatic hydroxyl groups excluding tert-OH is 1. The van der Waals surface area contributed by atoms with Crippen molar-refractivity contribution >= 4 is 16.0 Å². The molecule has 3 aromatic carbocycles. The highest BCUT2D eigenvalue weighted by Gasteiger charge is 2.40. The van der Waals surface area contributed by atoms with Gasteiger partial charge in [0.05, 0.1) is 23.0 Å². The smallest absolute Gasteiger partial charge is 0.311 e. The Morgan fingerprint density at radius 1 is 0.900 bits per heavy atom. The van der Waals surface area contributed by atoms with Crippen molar-refractivity contribution in [3.63, 3.8) is 0 Å². The lowest BCUT2D eigenvalue weighted by Crippen LogP contribution is -2.44. The Balaban J connectivity index is 2.13. The minimum absolute atomic E-state index is 0.0954. The van der Waals surface area contributed by atoms with Crippen LogP contribution >= 0.6 is 0 Å². The third-order valence-corrected chi connectivity index (χ3v) is 9.59. The first-order chi connectivity index (χ1) is 18.6. The molecule has 0 aliphatic carbocycles. The molecule has 0 unspecified atom stereocenters. The van der Waals surface area contributed by atoms with Gasteiger partial charge in [0, 0.05) is 6.54 Å². The molecule has 4 atom stereocenters. The van der Waals surface area contributed by atoms with Gasteiger partial charge in [0.25, 0.3) is 0 Å². The van der Waals surface area contributed by atoms with Gasteiger partial charge in [0.15, 0.2) is 0 Å². The molecule has 0 aromatic heterocycles. The zero-order chi connectivity index (χ0) is 29.8. The maximum atomic E-state index is 14.5. The van der Waals surface area contributed by atoms with Crippen LogP contribution in [0.1, 0.15) is 68.5 Å². The minimum Gasteiger partial charge on any atom is -0.455 e. The van der Waals surface area contributed by atoms with Crippen molar-refractivity contribution in [3.05, 3.63) is 101 Å². The van der Waals surface area contributed by atoms with Gasteiger partial charge in [-0.05, 0) is 62.3 Å². The van der Waals surface area contributed by atoms with Crippen molar-refractivity contribution < 1.29 is 23.1 Å². The van der Waals surface area contributed by atoms with Crippen LogP contribution in [-0.4, -0.2) is 35.9 Å². The van der Waals surface area contributed by atoms with E-state index < -0.39 is 45.6 Å². The first-order valence-electron chi connectivity index (χ1n) is 13.7. The predicted molar refractivity (Wildman–Crippen MR) is 159 cm³/mol. The van der Waals surface area contributed by atoms with Gasteiger partial charge in [-0.3, -0.25) is 4.79 Å². The summed E-state index contributed by atoms with van der Waals surface area (Å²) in [6.45, 7) is 14.6. The van der Waals surface area contributed by atoms with E-state index in [0.29, 0.717) is 16.7 Å². The van der Waals surface area contributed by atoms with E-state index >= 15 is 0 Å². The first-order valence-corrected chi connectivity index (χ1v) is 15.2. The number of esters is 1. The van der Waals surface area contributed by atoms with Crippen LogP contribution in [0.4, 0.5) is 0 Å². The summed E-state index contributed by atoms with van der Waals surface area (Å²) in [4.78, 5) is 13.7. The highest BCUT2D eigenvalue weighted by atomic mass is 32.2. The van der Waals surface area contributed by atoms with Gasteiger partial charge in [-0.2, -0.15) is 4.31 Å². The van der Waals surface area contributed by atoms with E-state index in [0.717, 1.165) is 11.1 Å². The van der Waals surface area contributed by atoms with Gasteiger partial charge in [-0.25, -0.2) is 8.42 Å². The van der Waals surface area contributed by atoms with Crippen LogP contribution in [0.15, 0.2) is 77.7 Å². The molecule has 6 nitrogen and oxygen atoms in total. The van der Waals surface area contributed by atoms with Crippen LogP contribution in [0.2, 0.25) is 0 Å². The van der Waals surface area contributed by atoms with E-state index in [9.17, 15) is 18.3 Å². The summed E-state index contributed by atoms with van der Waals surface area (Å²) in [6, 6.07) is 21.6. The Morgan fingerprint density at radius 2 is 1.40 bits per heavy atom. The number of rotatable bonds is 10. The molecule has 7 heteroatoms. The molecular formula is C33H43NO5S. The fourth-order valence-electron chi connectivity index (χ4n) is 5.25. The number of carbonyl (C=O) groups excluding carboxylic acids is 1. The van der Waals surface area contributed by atoms with Crippen molar-refractivity contribution in [2.75, 3.05) is 0 Å². The number of sulfonamides is 1. The fourth-order valence-corrected chi connectivity index (χ4v) is 7.29. The second-order valence-corrected chi connectivity index (χ2v) is 13.7. The van der Waals surface area contributed by atoms with Crippen molar-refractivity contribution in [1.82, 2.24) is 4.31 Å². The first kappa shape index (κ1) is 31.5. The van der Waals surface area contributed by atoms with Gasteiger partial charge in [0.1, 0.15) is 6.10 Å². The zero-order valence-electron chi connectivity index (χ0n) is 24.9. The summed E-state index contributed by atoms with van der Waals surface area (Å²) in [5.41, 5.74) is 3.27. The molecule has 0 bridgehead atoms. The summed E-state index contributed by atoms with van der Waals surface area (Å²) in [6.07, 6.45) is -1.85. The highest BCUT2D eigenvalue weighted by molar-refractivity contribution is 7.89. The highest BCUT2D eigenvalue weighted by Crippen LogP contribution is 2.35. The Hall–Kier alpha value is -3.00. The van der Waals surface area contributed by atoms with E-state index in [4.69, 9.17) is 4.74 Å². The second-order valence-electron chi connectivity index (χ2n) is 11.9. The van der Waals surface area contributed by atoms with Crippen molar-refractivity contribution in [3.8, 4) is 0 Å². The molecule has 0 heterocycles. The summed E-state index contributed by atoms with van der Waals surface area (Å²) >= 11 is 0. The maximum Gasteiger partial charge on any atom is 0.311 e. The van der Waals surface area contributed by atoms with Gasteiger partial charge in [0.2, 0.25) is 10.0 Å². The molecule has 0 fully saturated rings. The van der Waals surface area contributed by atoms with Crippen molar-refractivity contribution in [2.45, 2.75) is 85.1 Å². The summed E-state index contributed by atoms with van der Waals surface area (Å²) in [5.74, 6) is -1.39. The number of hydrogen-bond acceptors (Lipinski definition) is 5. The lowest BCUT2D eigenvalue weighted by Gasteiger charge is -2.36. The number of carbonyl (C=O) groups is 1. The SMILES string of the molecule is Cc1cc(C)c(S(=O)(=O)N(Cc2ccccc2)[C@@H](C)[C@H](OC(=O)[C@H](C)[C@@H](O)C(C)(C)C)c2ccccc2)c(C)c1. The molecule has 0 spiro atoms. The standard InChI is InChI=1S/C33H43NO5S/c1-22-19-23(2)30(24(3)20-22)40(37,38)34(21-27-15-11-9-12-16-27)26(5)29(28-17-13-10-14-18-28)39-32(36)25(4)31(35)33(6,7)8/h9-20,25-26,29,31,35H,21H2,1-8H3/t25-,26+,29+,31-/m1/s1. The molecule has 0 amide bonds. The molecule has 0 aliphatic rings. The van der Waals surface area contributed by atoms with Gasteiger partial charge >= 0.3 is 5.97 Å². The third kappa shape index (κ3) is 7.19. The van der Waals surface area contributed by atoms with Crippen LogP contribution in [-0.2, 0) is 26.1 Å². The number of nitrogens with zero attached hydrogens (tertiary/aromatic N) is 1. The Morgan fingerprint density at radius 3 is 1.90 bits per heavy atom. The van der Waals surface area contributed by atoms with Gasteiger partial charge in [-0.1, -0.05) is 99.1 Å². The third-order valence-electron chi connectivity index (χ3n) is 7.35. The normalized spacial score (nSPS) is 15.3. The molecule has 0 saturated carbocycles. The average molecular weight is 566 g/mol. The topological polar surface area (TPSA) is 83.9 Å². The van der Waals surface area contributed by atoms with Gasteiger partial charge < -0.3 is 9.84 Å². The lowest BCUT2D eigenvalue weighted by molar-refractivity contribution is -0.163. The lowest BCUT2D eigenvalue weighted by atomic mass is 9.82. The number of aliphatic hydroxyl groups is 1. The van der Waals surface area contributed by atoms with Crippen molar-refractivity contribution in [2.24, 2.45) is 11.3 Å². The molecule has 216 valence electrons. The summed E-state index contributed by atoms with van der Waals surface area (Å²) in [5, 5.41) is 10.8. The minimum atomic E-state index is -4.03. The predicted octanol–water partition coefficient (Wildman–Crippen LogP) is 6.52. The molecule has 0 saturated heterocycles. The van der Waals surface area contributed by atoms with Gasteiger partial charge in [-0.15, -0.1) is 0 Å². The monoisotopic (exact) mass is 565 g/mol. The van der Waals surface area contributed by atoms with Crippen molar-refractivity contribution in [1.29, 1.82) is 0 Å². The molecule has 3 rings (SSSR count). The summed E-state index contributed by atoms with van der Waals surface area (Å²) < 4.78 is 36.5. The number of benzene rings is 3. The number of ether oxygens (including phenoxy) is 1. The molecule has 3 aromatic rings. The van der Waals surface area contributed by atoms with E-state index in [1.165, 1.54) is 4.31 Å². The van der Waals surface area contributed by atoms with E-state index in [1.807, 2.05) is 114 Å². The fraction of sp³-hybridized carbons (Fsp3) is 0.424. The zero-order valence-corrected chi connectivity index (χ0v) is 25.7. The Kier molecular flexibility index (Phi) is 9.99. The van der Waals surface area contributed by atoms with E-state index in [2.05, 4.69) is 0 Å². The number of aryl methyl sites for hydroxylation is 3. The molecule has 0 aliphatic heterocycles. The quantitative estimate of drug-likeness (QED) is 0.283. The number of hydrogen-bond donors (Lipinski definition) is 1.